The molecule has 1 amide bonds. The molecule has 2 heterocycles. The van der Waals surface area contributed by atoms with Gasteiger partial charge >= 0.3 is 6.18 Å². The number of nitrogens with one attached hydrogen (secondary N) is 1. The van der Waals surface area contributed by atoms with E-state index in [0.717, 1.165) is 18.9 Å². The summed E-state index contributed by atoms with van der Waals surface area (Å²) in [6.07, 6.45) is 1.15. The predicted octanol–water partition coefficient (Wildman–Crippen LogP) is 3.47. The molecule has 0 spiro atoms. The molecule has 1 aliphatic rings. The topological polar surface area (TPSA) is 64.7 Å². The Morgan fingerprint density at radius 3 is 2.78 bits per heavy atom. The van der Waals surface area contributed by atoms with Crippen molar-refractivity contribution in [1.82, 2.24) is 24.9 Å². The third kappa shape index (κ3) is 5.24. The van der Waals surface area contributed by atoms with Crippen molar-refractivity contribution in [2.24, 2.45) is 5.92 Å². The number of hydrogen-bond acceptors (Lipinski definition) is 3. The molecule has 0 radical (unpaired) electrons. The minimum Gasteiger partial charge on any atom is -0.356 e. The monoisotopic (exact) mass is 403 g/mol. The Labute approximate surface area is 159 Å². The van der Waals surface area contributed by atoms with Gasteiger partial charge in [0.1, 0.15) is 0 Å². The maximum Gasteiger partial charge on any atom is 0.435 e. The van der Waals surface area contributed by atoms with E-state index in [1.807, 2.05) is 0 Å². The van der Waals surface area contributed by atoms with E-state index in [1.54, 1.807) is 24.0 Å². The van der Waals surface area contributed by atoms with Gasteiger partial charge in [0.05, 0.1) is 23.7 Å². The van der Waals surface area contributed by atoms with Crippen LogP contribution in [0.4, 0.5) is 13.2 Å². The Kier molecular flexibility index (Phi) is 5.78. The van der Waals surface area contributed by atoms with E-state index in [0.29, 0.717) is 30.2 Å². The van der Waals surface area contributed by atoms with Crippen LogP contribution in [0.1, 0.15) is 43.5 Å². The zero-order valence-electron chi connectivity index (χ0n) is 14.8. The first-order valence-electron chi connectivity index (χ1n) is 8.84. The molecule has 2 aromatic rings. The lowest BCUT2D eigenvalue weighted by Gasteiger charge is -2.14. The van der Waals surface area contributed by atoms with E-state index in [4.69, 9.17) is 11.6 Å². The average molecular weight is 404 g/mol. The number of alkyl halides is 3. The Morgan fingerprint density at radius 1 is 1.44 bits per heavy atom. The van der Waals surface area contributed by atoms with Crippen LogP contribution in [0.2, 0.25) is 5.02 Å². The summed E-state index contributed by atoms with van der Waals surface area (Å²) in [5.41, 5.74) is -0.326. The van der Waals surface area contributed by atoms with Gasteiger partial charge in [-0.25, -0.2) is 0 Å². The van der Waals surface area contributed by atoms with E-state index in [2.05, 4.69) is 15.5 Å². The highest BCUT2D eigenvalue weighted by molar-refractivity contribution is 6.30. The fourth-order valence-electron chi connectivity index (χ4n) is 2.85. The normalized spacial score (nSPS) is 15.7. The number of aromatic nitrogens is 4. The largest absolute Gasteiger partial charge is 0.435 e. The molecular formula is C17H21ClF3N5O. The smallest absolute Gasteiger partial charge is 0.356 e. The number of aryl methyl sites for hydroxylation is 1. The minimum atomic E-state index is -4.48. The number of rotatable bonds is 8. The minimum absolute atomic E-state index is 0.116. The van der Waals surface area contributed by atoms with Crippen LogP contribution in [0, 0.1) is 5.92 Å². The van der Waals surface area contributed by atoms with Crippen LogP contribution in [0.15, 0.2) is 18.5 Å². The van der Waals surface area contributed by atoms with Gasteiger partial charge in [-0.05, 0) is 25.3 Å². The Hall–Kier alpha value is -2.03. The van der Waals surface area contributed by atoms with Crippen LogP contribution in [-0.2, 0) is 24.1 Å². The van der Waals surface area contributed by atoms with Crippen molar-refractivity contribution in [3.05, 3.63) is 34.9 Å². The van der Waals surface area contributed by atoms with Crippen molar-refractivity contribution in [3.8, 4) is 0 Å². The van der Waals surface area contributed by atoms with Gasteiger partial charge in [-0.1, -0.05) is 18.5 Å². The quantitative estimate of drug-likeness (QED) is 0.686. The lowest BCUT2D eigenvalue weighted by atomic mass is 10.1. The van der Waals surface area contributed by atoms with Crippen molar-refractivity contribution in [2.75, 3.05) is 6.54 Å². The van der Waals surface area contributed by atoms with Gasteiger partial charge < -0.3 is 5.32 Å². The molecule has 0 aromatic carbocycles. The van der Waals surface area contributed by atoms with E-state index in [9.17, 15) is 18.0 Å². The third-order valence-electron chi connectivity index (χ3n) is 4.46. The number of halogens is 4. The van der Waals surface area contributed by atoms with Crippen LogP contribution < -0.4 is 5.32 Å². The summed E-state index contributed by atoms with van der Waals surface area (Å²) >= 11 is 5.78. The van der Waals surface area contributed by atoms with Crippen LogP contribution in [0.5, 0.6) is 0 Å². The van der Waals surface area contributed by atoms with Gasteiger partial charge in [-0.2, -0.15) is 23.4 Å². The van der Waals surface area contributed by atoms with Crippen molar-refractivity contribution >= 4 is 17.5 Å². The van der Waals surface area contributed by atoms with Crippen LogP contribution in [-0.4, -0.2) is 32.0 Å². The molecule has 148 valence electrons. The predicted molar refractivity (Wildman–Crippen MR) is 93.2 cm³/mol. The van der Waals surface area contributed by atoms with Gasteiger partial charge in [-0.15, -0.1) is 0 Å². The number of amides is 1. The average Bonchev–Trinajstić information content (AvgIpc) is 3.21. The number of nitrogens with zero attached hydrogens (tertiary/aromatic N) is 4. The molecule has 1 aliphatic carbocycles. The summed E-state index contributed by atoms with van der Waals surface area (Å²) in [7, 11) is 0. The summed E-state index contributed by atoms with van der Waals surface area (Å²) in [5.74, 6) is -0.577. The van der Waals surface area contributed by atoms with Gasteiger partial charge in [0, 0.05) is 30.9 Å². The van der Waals surface area contributed by atoms with Crippen molar-refractivity contribution < 1.29 is 18.0 Å². The summed E-state index contributed by atoms with van der Waals surface area (Å²) in [4.78, 5) is 12.2. The second-order valence-corrected chi connectivity index (χ2v) is 7.31. The standard InChI is InChI=1S/C17H21ClF3N5O/c1-11(16(27)22-5-2-6-25-10-13(18)8-23-25)9-26-14(12-3-4-12)7-15(24-26)17(19,20)21/h7-8,10-12H,2-6,9H2,1H3,(H,22,27). The third-order valence-corrected chi connectivity index (χ3v) is 4.65. The van der Waals surface area contributed by atoms with Gasteiger partial charge in [-0.3, -0.25) is 14.2 Å². The number of carbonyl (C=O) groups excluding carboxylic acids is 1. The van der Waals surface area contributed by atoms with E-state index < -0.39 is 17.8 Å². The van der Waals surface area contributed by atoms with Gasteiger partial charge in [0.25, 0.3) is 0 Å². The molecule has 1 fully saturated rings. The molecule has 1 saturated carbocycles. The maximum absolute atomic E-state index is 12.9. The van der Waals surface area contributed by atoms with Gasteiger partial charge in [0.15, 0.2) is 5.69 Å². The SMILES string of the molecule is CC(Cn1nc(C(F)(F)F)cc1C1CC1)C(=O)NCCCn1cc(Cl)cn1. The molecule has 2 aromatic heterocycles. The van der Waals surface area contributed by atoms with Crippen molar-refractivity contribution in [3.63, 3.8) is 0 Å². The Morgan fingerprint density at radius 2 is 2.19 bits per heavy atom. The maximum atomic E-state index is 12.9. The fourth-order valence-corrected chi connectivity index (χ4v) is 3.01. The summed E-state index contributed by atoms with van der Waals surface area (Å²) < 4.78 is 41.8. The number of hydrogen-bond donors (Lipinski definition) is 1. The highest BCUT2D eigenvalue weighted by Gasteiger charge is 2.38. The molecule has 1 atom stereocenters. The second kappa shape index (κ2) is 7.92. The fraction of sp³-hybridized carbons (Fsp3) is 0.588. The molecule has 27 heavy (non-hydrogen) atoms. The lowest BCUT2D eigenvalue weighted by molar-refractivity contribution is -0.141. The molecule has 0 saturated heterocycles. The Balaban J connectivity index is 1.51. The Bertz CT molecular complexity index is 797. The van der Waals surface area contributed by atoms with E-state index >= 15 is 0 Å². The van der Waals surface area contributed by atoms with E-state index in [-0.39, 0.29) is 18.4 Å². The second-order valence-electron chi connectivity index (χ2n) is 6.88. The highest BCUT2D eigenvalue weighted by atomic mass is 35.5. The molecule has 1 unspecified atom stereocenters. The van der Waals surface area contributed by atoms with Crippen molar-refractivity contribution in [2.45, 2.75) is 51.4 Å². The molecule has 0 bridgehead atoms. The van der Waals surface area contributed by atoms with Crippen molar-refractivity contribution in [1.29, 1.82) is 0 Å². The van der Waals surface area contributed by atoms with Gasteiger partial charge in [0.2, 0.25) is 5.91 Å². The molecule has 6 nitrogen and oxygen atoms in total. The van der Waals surface area contributed by atoms with Crippen LogP contribution in [0.3, 0.4) is 0 Å². The zero-order valence-corrected chi connectivity index (χ0v) is 15.6. The first-order chi connectivity index (χ1) is 12.7. The lowest BCUT2D eigenvalue weighted by Crippen LogP contribution is -2.33. The van der Waals surface area contributed by atoms with E-state index in [1.165, 1.54) is 4.68 Å². The highest BCUT2D eigenvalue weighted by Crippen LogP contribution is 2.42. The summed E-state index contributed by atoms with van der Waals surface area (Å²) in [6.45, 7) is 2.88. The van der Waals surface area contributed by atoms with Crippen LogP contribution >= 0.6 is 11.6 Å². The first-order valence-corrected chi connectivity index (χ1v) is 9.22. The number of carbonyl (C=O) groups is 1. The van der Waals surface area contributed by atoms with Crippen LogP contribution in [0.25, 0.3) is 0 Å². The molecular weight excluding hydrogens is 383 g/mol. The summed E-state index contributed by atoms with van der Waals surface area (Å²) in [5, 5.41) is 11.1. The molecule has 1 N–H and O–H groups in total. The molecule has 0 aliphatic heterocycles. The first kappa shape index (κ1) is 19.7. The molecule has 10 heteroatoms. The summed E-state index contributed by atoms with van der Waals surface area (Å²) in [6, 6.07) is 1.11. The zero-order chi connectivity index (χ0) is 19.6. The molecule has 3 rings (SSSR count).